The van der Waals surface area contributed by atoms with Gasteiger partial charge in [-0.3, -0.25) is 0 Å². The average Bonchev–Trinajstić information content (AvgIpc) is 3.41. The number of ether oxygens (including phenoxy) is 3. The maximum absolute atomic E-state index is 12.4. The van der Waals surface area contributed by atoms with Gasteiger partial charge in [-0.25, -0.2) is 4.79 Å². The number of hydrogen-bond donors (Lipinski definition) is 5. The number of aliphatic hydroxyl groups is 5. The molecule has 0 spiro atoms. The number of carbonyl (C=O) groups is 1. The third kappa shape index (κ3) is 3.65. The molecule has 9 nitrogen and oxygen atoms in total. The molecule has 6 aliphatic rings. The van der Waals surface area contributed by atoms with Gasteiger partial charge < -0.3 is 39.7 Å². The topological polar surface area (TPSA) is 146 Å². The third-order valence-electron chi connectivity index (χ3n) is 12.2. The van der Waals surface area contributed by atoms with Gasteiger partial charge >= 0.3 is 5.97 Å². The summed E-state index contributed by atoms with van der Waals surface area (Å²) in [5, 5.41) is 55.1. The van der Waals surface area contributed by atoms with Crippen molar-refractivity contribution in [1.82, 2.24) is 0 Å². The lowest BCUT2D eigenvalue weighted by Crippen LogP contribution is -2.67. The number of cyclic esters (lactones) is 1. The summed E-state index contributed by atoms with van der Waals surface area (Å²) in [7, 11) is 0. The molecule has 0 radical (unpaired) electrons. The van der Waals surface area contributed by atoms with Crippen LogP contribution in [-0.2, 0) is 19.0 Å². The quantitative estimate of drug-likeness (QED) is 0.268. The van der Waals surface area contributed by atoms with E-state index < -0.39 is 41.9 Å². The van der Waals surface area contributed by atoms with Gasteiger partial charge in [-0.1, -0.05) is 13.8 Å². The molecule has 4 aliphatic carbocycles. The van der Waals surface area contributed by atoms with Crippen molar-refractivity contribution in [2.24, 2.45) is 28.6 Å². The van der Waals surface area contributed by atoms with Crippen molar-refractivity contribution in [2.45, 2.75) is 127 Å². The SMILES string of the molecule is C[C@@H]1O[C@H](O[C@H]2CC[C@]3(C)[C@H]4CC[C@]5(C)[C@@H](C6=CC(=O)OC6)CC[C@]5(O)[C@@H]4CC[C@]3(O)C2)[C@@H](O)[C@H](O)[C@H]1O. The first-order valence-corrected chi connectivity index (χ1v) is 14.5. The van der Waals surface area contributed by atoms with E-state index >= 15 is 0 Å². The minimum atomic E-state index is -1.36. The van der Waals surface area contributed by atoms with Gasteiger partial charge in [-0.2, -0.15) is 0 Å². The Balaban J connectivity index is 1.19. The second-order valence-corrected chi connectivity index (χ2v) is 13.7. The van der Waals surface area contributed by atoms with Crippen molar-refractivity contribution in [3.63, 3.8) is 0 Å². The van der Waals surface area contributed by atoms with Crippen LogP contribution in [0.1, 0.15) is 78.6 Å². The molecular formula is C29H44O9. The van der Waals surface area contributed by atoms with Gasteiger partial charge in [0.2, 0.25) is 0 Å². The Morgan fingerprint density at radius 1 is 0.895 bits per heavy atom. The molecule has 5 fully saturated rings. The van der Waals surface area contributed by atoms with Crippen LogP contribution in [0, 0.1) is 28.6 Å². The van der Waals surface area contributed by atoms with Gasteiger partial charge in [-0.15, -0.1) is 0 Å². The summed E-state index contributed by atoms with van der Waals surface area (Å²) in [4.78, 5) is 11.8. The van der Waals surface area contributed by atoms with Gasteiger partial charge in [0.05, 0.1) is 23.4 Å². The fraction of sp³-hybridized carbons (Fsp3) is 0.897. The molecule has 0 aromatic rings. The molecule has 9 heteroatoms. The Labute approximate surface area is 224 Å². The zero-order valence-corrected chi connectivity index (χ0v) is 22.7. The second-order valence-electron chi connectivity index (χ2n) is 13.7. The van der Waals surface area contributed by atoms with Crippen LogP contribution in [0.3, 0.4) is 0 Å². The molecule has 214 valence electrons. The predicted molar refractivity (Wildman–Crippen MR) is 134 cm³/mol. The van der Waals surface area contributed by atoms with Crippen LogP contribution in [0.4, 0.5) is 0 Å². The number of carbonyl (C=O) groups excluding carboxylic acids is 1. The van der Waals surface area contributed by atoms with E-state index in [1.54, 1.807) is 13.0 Å². The van der Waals surface area contributed by atoms with Crippen LogP contribution in [0.15, 0.2) is 11.6 Å². The van der Waals surface area contributed by atoms with Gasteiger partial charge in [0.15, 0.2) is 6.29 Å². The summed E-state index contributed by atoms with van der Waals surface area (Å²) in [6.07, 6.45) is 2.01. The molecular weight excluding hydrogens is 492 g/mol. The van der Waals surface area contributed by atoms with E-state index in [9.17, 15) is 30.3 Å². The summed E-state index contributed by atoms with van der Waals surface area (Å²) in [5.41, 5.74) is -1.51. The zero-order valence-electron chi connectivity index (χ0n) is 22.7. The monoisotopic (exact) mass is 536 g/mol. The predicted octanol–water partition coefficient (Wildman–Crippen LogP) is 1.57. The lowest BCUT2D eigenvalue weighted by molar-refractivity contribution is -0.319. The minimum Gasteiger partial charge on any atom is -0.458 e. The normalized spacial score (nSPS) is 56.5. The van der Waals surface area contributed by atoms with Crippen LogP contribution >= 0.6 is 0 Å². The van der Waals surface area contributed by atoms with Crippen LogP contribution in [0.2, 0.25) is 0 Å². The molecule has 5 N–H and O–H groups in total. The Bertz CT molecular complexity index is 1000. The lowest BCUT2D eigenvalue weighted by Gasteiger charge is -2.66. The molecule has 4 saturated carbocycles. The van der Waals surface area contributed by atoms with Gasteiger partial charge in [0.25, 0.3) is 0 Å². The fourth-order valence-electron chi connectivity index (χ4n) is 9.80. The van der Waals surface area contributed by atoms with Crippen molar-refractivity contribution >= 4 is 5.97 Å². The van der Waals surface area contributed by atoms with Gasteiger partial charge in [0, 0.05) is 17.9 Å². The molecule has 1 saturated heterocycles. The van der Waals surface area contributed by atoms with E-state index in [-0.39, 0.29) is 40.7 Å². The second kappa shape index (κ2) is 8.96. The Hall–Kier alpha value is -1.07. The summed E-state index contributed by atoms with van der Waals surface area (Å²) >= 11 is 0. The molecule has 0 unspecified atom stereocenters. The number of aliphatic hydroxyl groups excluding tert-OH is 3. The Morgan fingerprint density at radius 3 is 2.32 bits per heavy atom. The van der Waals surface area contributed by atoms with Crippen molar-refractivity contribution in [3.05, 3.63) is 11.6 Å². The van der Waals surface area contributed by atoms with E-state index in [4.69, 9.17) is 14.2 Å². The molecule has 13 atom stereocenters. The maximum atomic E-state index is 12.4. The summed E-state index contributed by atoms with van der Waals surface area (Å²) in [6, 6.07) is 0. The van der Waals surface area contributed by atoms with Crippen LogP contribution in [0.5, 0.6) is 0 Å². The largest absolute Gasteiger partial charge is 0.458 e. The van der Waals surface area contributed by atoms with Gasteiger partial charge in [-0.05, 0) is 87.0 Å². The minimum absolute atomic E-state index is 0.0774. The molecule has 2 aliphatic heterocycles. The molecule has 0 aromatic heterocycles. The Morgan fingerprint density at radius 2 is 1.61 bits per heavy atom. The first-order valence-electron chi connectivity index (χ1n) is 14.5. The van der Waals surface area contributed by atoms with E-state index in [2.05, 4.69) is 13.8 Å². The smallest absolute Gasteiger partial charge is 0.331 e. The summed E-state index contributed by atoms with van der Waals surface area (Å²) in [6.45, 7) is 6.33. The van der Waals surface area contributed by atoms with E-state index in [0.29, 0.717) is 32.3 Å². The molecule has 2 heterocycles. The highest BCUT2D eigenvalue weighted by Crippen LogP contribution is 2.70. The van der Waals surface area contributed by atoms with Crippen LogP contribution < -0.4 is 0 Å². The van der Waals surface area contributed by atoms with Crippen molar-refractivity contribution in [2.75, 3.05) is 6.61 Å². The number of hydrogen-bond acceptors (Lipinski definition) is 9. The lowest BCUT2D eigenvalue weighted by atomic mass is 9.42. The number of fused-ring (bicyclic) bond motifs is 5. The van der Waals surface area contributed by atoms with Crippen LogP contribution in [0.25, 0.3) is 0 Å². The molecule has 0 amide bonds. The van der Waals surface area contributed by atoms with Gasteiger partial charge in [0.1, 0.15) is 24.9 Å². The molecule has 38 heavy (non-hydrogen) atoms. The Kier molecular flexibility index (Phi) is 6.40. The summed E-state index contributed by atoms with van der Waals surface area (Å²) in [5.74, 6) is 0.0978. The first-order chi connectivity index (χ1) is 17.8. The van der Waals surface area contributed by atoms with E-state index in [1.165, 1.54) is 0 Å². The van der Waals surface area contributed by atoms with Crippen molar-refractivity contribution in [3.8, 4) is 0 Å². The standard InChI is InChI=1S/C29H44O9/c1-15-22(31)23(32)24(33)25(37-15)38-17-4-8-26(2)19-5-9-27(3)18(16-12-21(30)36-14-16)7-11-29(27,35)20(19)6-10-28(26,34)13-17/h12,15,17-20,22-25,31-35H,4-11,13-14H2,1-3H3/t15-,17-,18+,19-,20+,22-,23+,24-,25+,26+,27+,28-,29-/m0/s1. The number of esters is 1. The van der Waals surface area contributed by atoms with Crippen molar-refractivity contribution in [1.29, 1.82) is 0 Å². The third-order valence-corrected chi connectivity index (χ3v) is 12.2. The molecule has 6 rings (SSSR count). The maximum Gasteiger partial charge on any atom is 0.331 e. The van der Waals surface area contributed by atoms with E-state index in [1.807, 2.05) is 0 Å². The average molecular weight is 537 g/mol. The highest BCUT2D eigenvalue weighted by molar-refractivity contribution is 5.85. The molecule has 0 bridgehead atoms. The summed E-state index contributed by atoms with van der Waals surface area (Å²) < 4.78 is 17.0. The highest BCUT2D eigenvalue weighted by Gasteiger charge is 2.70. The van der Waals surface area contributed by atoms with Crippen LogP contribution in [-0.4, -0.2) is 86.1 Å². The zero-order chi connectivity index (χ0) is 27.3. The first kappa shape index (κ1) is 27.1. The highest BCUT2D eigenvalue weighted by atomic mass is 16.7. The van der Waals surface area contributed by atoms with Crippen molar-refractivity contribution < 1.29 is 44.5 Å². The fourth-order valence-corrected chi connectivity index (χ4v) is 9.80. The molecule has 0 aromatic carbocycles. The van der Waals surface area contributed by atoms with E-state index in [0.717, 1.165) is 37.7 Å². The number of rotatable bonds is 3.